The third-order valence-corrected chi connectivity index (χ3v) is 5.09. The molecule has 0 aromatic heterocycles. The molecule has 0 aliphatic rings. The summed E-state index contributed by atoms with van der Waals surface area (Å²) in [6.45, 7) is 8.43. The van der Waals surface area contributed by atoms with E-state index in [2.05, 4.69) is 0 Å². The van der Waals surface area contributed by atoms with Gasteiger partial charge in [0.25, 0.3) is 10.1 Å². The summed E-state index contributed by atoms with van der Waals surface area (Å²) in [7, 11) is -4.03. The fourth-order valence-electron chi connectivity index (χ4n) is 2.40. The molecule has 0 heterocycles. The van der Waals surface area contributed by atoms with E-state index in [1.165, 1.54) is 6.07 Å². The van der Waals surface area contributed by atoms with Gasteiger partial charge in [-0.3, -0.25) is 4.55 Å². The summed E-state index contributed by atoms with van der Waals surface area (Å²) in [5, 5.41) is 17.0. The van der Waals surface area contributed by atoms with E-state index in [1.807, 2.05) is 0 Å². The Morgan fingerprint density at radius 3 is 1.06 bits per heavy atom. The van der Waals surface area contributed by atoms with Crippen molar-refractivity contribution in [2.45, 2.75) is 11.8 Å². The van der Waals surface area contributed by atoms with Crippen molar-refractivity contribution in [2.75, 3.05) is 106 Å². The molecule has 0 aliphatic heterocycles. The van der Waals surface area contributed by atoms with Crippen molar-refractivity contribution in [3.63, 3.8) is 0 Å². The molecule has 1 aromatic carbocycles. The van der Waals surface area contributed by atoms with Crippen LogP contribution in [-0.2, 0) is 43.3 Å². The zero-order valence-electron chi connectivity index (χ0n) is 21.0. The summed E-state index contributed by atoms with van der Waals surface area (Å²) >= 11 is 0. The molecule has 0 saturated heterocycles. The van der Waals surface area contributed by atoms with E-state index >= 15 is 0 Å². The fraction of sp³-hybridized carbons (Fsp3) is 0.739. The Hall–Kier alpha value is -1.23. The monoisotopic (exact) mass is 542 g/mol. The number of aryl methyl sites for hydroxylation is 1. The van der Waals surface area contributed by atoms with Crippen LogP contribution in [0, 0.1) is 6.92 Å². The fourth-order valence-corrected chi connectivity index (χ4v) is 3.12. The maximum Gasteiger partial charge on any atom is 0.294 e. The first kappa shape index (κ1) is 34.8. The van der Waals surface area contributed by atoms with Crippen LogP contribution in [0.5, 0.6) is 0 Å². The third-order valence-electron chi connectivity index (χ3n) is 4.07. The lowest BCUT2D eigenvalue weighted by atomic mass is 10.2. The quantitative estimate of drug-likeness (QED) is 0.129. The van der Waals surface area contributed by atoms with Gasteiger partial charge in [0, 0.05) is 0 Å². The van der Waals surface area contributed by atoms with Crippen LogP contribution in [0.2, 0.25) is 0 Å². The molecule has 13 heteroatoms. The maximum atomic E-state index is 10.6. The van der Waals surface area contributed by atoms with Gasteiger partial charge >= 0.3 is 0 Å². The number of hydrogen-bond acceptors (Lipinski definition) is 11. The highest BCUT2D eigenvalue weighted by Crippen LogP contribution is 2.12. The molecule has 36 heavy (non-hydrogen) atoms. The number of benzene rings is 1. The Labute approximate surface area is 214 Å². The van der Waals surface area contributed by atoms with Gasteiger partial charge in [-0.1, -0.05) is 18.2 Å². The third kappa shape index (κ3) is 23.2. The molecular formula is C23H42O12S. The number of rotatable bonds is 23. The predicted octanol–water partition coefficient (Wildman–Crippen LogP) is 0.329. The molecule has 12 nitrogen and oxygen atoms in total. The van der Waals surface area contributed by atoms with Crippen molar-refractivity contribution in [1.82, 2.24) is 0 Å². The molecule has 0 bridgehead atoms. The van der Waals surface area contributed by atoms with Crippen LogP contribution in [0.3, 0.4) is 0 Å². The second kappa shape index (κ2) is 25.4. The van der Waals surface area contributed by atoms with Crippen molar-refractivity contribution >= 4 is 10.1 Å². The van der Waals surface area contributed by atoms with Crippen molar-refractivity contribution in [3.8, 4) is 0 Å². The highest BCUT2D eigenvalue weighted by molar-refractivity contribution is 7.85. The molecule has 0 atom stereocenters. The Bertz CT molecular complexity index is 680. The minimum Gasteiger partial charge on any atom is -0.394 e. The van der Waals surface area contributed by atoms with E-state index in [-0.39, 0.29) is 18.1 Å². The van der Waals surface area contributed by atoms with Gasteiger partial charge in [-0.05, 0) is 18.6 Å². The second-order valence-corrected chi connectivity index (χ2v) is 8.36. The zero-order valence-corrected chi connectivity index (χ0v) is 21.9. The predicted molar refractivity (Wildman–Crippen MR) is 131 cm³/mol. The first-order valence-corrected chi connectivity index (χ1v) is 13.2. The van der Waals surface area contributed by atoms with Crippen LogP contribution in [-0.4, -0.2) is 129 Å². The standard InChI is InChI=1S/C16H34O9.C7H8O3S/c17-1-3-19-5-7-21-9-11-23-13-15-25-16-14-24-12-10-22-8-6-20-4-2-18;1-6-4-2-3-5-7(6)11(8,9)10/h17-18H,1-16H2;2-5H,1H3,(H,8,9,10). The molecule has 0 amide bonds. The van der Waals surface area contributed by atoms with Gasteiger partial charge in [-0.15, -0.1) is 0 Å². The molecule has 0 spiro atoms. The molecule has 1 rings (SSSR count). The molecule has 0 aliphatic carbocycles. The van der Waals surface area contributed by atoms with Gasteiger partial charge in [0.1, 0.15) is 0 Å². The Morgan fingerprint density at radius 1 is 0.556 bits per heavy atom. The van der Waals surface area contributed by atoms with Crippen LogP contribution in [0.25, 0.3) is 0 Å². The van der Waals surface area contributed by atoms with Crippen LogP contribution in [0.15, 0.2) is 29.2 Å². The van der Waals surface area contributed by atoms with Gasteiger partial charge in [-0.25, -0.2) is 0 Å². The van der Waals surface area contributed by atoms with Gasteiger partial charge in [0.05, 0.1) is 111 Å². The molecule has 0 saturated carbocycles. The smallest absolute Gasteiger partial charge is 0.294 e. The van der Waals surface area contributed by atoms with Crippen LogP contribution in [0.4, 0.5) is 0 Å². The second-order valence-electron chi connectivity index (χ2n) is 6.97. The molecular weight excluding hydrogens is 500 g/mol. The molecule has 1 aromatic rings. The van der Waals surface area contributed by atoms with Crippen LogP contribution >= 0.6 is 0 Å². The SMILES string of the molecule is Cc1ccccc1S(=O)(=O)O.OCCOCCOCCOCCOCCOCCOCCOCCO. The van der Waals surface area contributed by atoms with Crippen LogP contribution in [0.1, 0.15) is 5.56 Å². The maximum absolute atomic E-state index is 10.6. The van der Waals surface area contributed by atoms with Crippen molar-refractivity contribution in [2.24, 2.45) is 0 Å². The topological polar surface area (TPSA) is 159 Å². The van der Waals surface area contributed by atoms with Crippen molar-refractivity contribution in [1.29, 1.82) is 0 Å². The summed E-state index contributed by atoms with van der Waals surface area (Å²) in [6, 6.07) is 6.27. The lowest BCUT2D eigenvalue weighted by molar-refractivity contribution is -0.0223. The highest BCUT2D eigenvalue weighted by atomic mass is 32.2. The zero-order chi connectivity index (χ0) is 26.7. The molecule has 212 valence electrons. The molecule has 0 fully saturated rings. The number of ether oxygens (including phenoxy) is 7. The van der Waals surface area contributed by atoms with E-state index in [0.717, 1.165) is 0 Å². The average Bonchev–Trinajstić information content (AvgIpc) is 2.85. The molecule has 3 N–H and O–H groups in total. The first-order valence-electron chi connectivity index (χ1n) is 11.7. The number of aliphatic hydroxyl groups excluding tert-OH is 2. The lowest BCUT2D eigenvalue weighted by Crippen LogP contribution is -2.14. The largest absolute Gasteiger partial charge is 0.394 e. The summed E-state index contributed by atoms with van der Waals surface area (Å²) in [6.07, 6.45) is 0. The normalized spacial score (nSPS) is 11.3. The van der Waals surface area contributed by atoms with E-state index in [1.54, 1.807) is 25.1 Å². The summed E-state index contributed by atoms with van der Waals surface area (Å²) in [5.74, 6) is 0. The van der Waals surface area contributed by atoms with Crippen molar-refractivity contribution in [3.05, 3.63) is 29.8 Å². The van der Waals surface area contributed by atoms with Gasteiger partial charge < -0.3 is 43.4 Å². The lowest BCUT2D eigenvalue weighted by Gasteiger charge is -2.08. The Morgan fingerprint density at radius 2 is 0.833 bits per heavy atom. The summed E-state index contributed by atoms with van der Waals surface area (Å²) < 4.78 is 66.5. The summed E-state index contributed by atoms with van der Waals surface area (Å²) in [4.78, 5) is -0.0278. The summed E-state index contributed by atoms with van der Waals surface area (Å²) in [5.41, 5.74) is 0.551. The van der Waals surface area contributed by atoms with Gasteiger partial charge in [0.15, 0.2) is 0 Å². The first-order chi connectivity index (χ1) is 17.4. The minimum atomic E-state index is -4.03. The molecule has 0 radical (unpaired) electrons. The van der Waals surface area contributed by atoms with E-state index in [4.69, 9.17) is 47.9 Å². The highest BCUT2D eigenvalue weighted by Gasteiger charge is 2.10. The van der Waals surface area contributed by atoms with Gasteiger partial charge in [0.2, 0.25) is 0 Å². The Balaban J connectivity index is 0.000000918. The van der Waals surface area contributed by atoms with E-state index in [0.29, 0.717) is 98.1 Å². The van der Waals surface area contributed by atoms with Crippen molar-refractivity contribution < 1.29 is 56.3 Å². The average molecular weight is 543 g/mol. The Kier molecular flexibility index (Phi) is 24.6. The number of aliphatic hydroxyl groups is 2. The van der Waals surface area contributed by atoms with Crippen LogP contribution < -0.4 is 0 Å². The number of hydrogen-bond donors (Lipinski definition) is 3. The van der Waals surface area contributed by atoms with Gasteiger partial charge in [-0.2, -0.15) is 8.42 Å². The van der Waals surface area contributed by atoms with E-state index in [9.17, 15) is 8.42 Å². The minimum absolute atomic E-state index is 0.0278. The molecule has 0 unspecified atom stereocenters. The van der Waals surface area contributed by atoms with E-state index < -0.39 is 10.1 Å².